The summed E-state index contributed by atoms with van der Waals surface area (Å²) in [5.41, 5.74) is 2.59. The molecule has 0 bridgehead atoms. The maximum absolute atomic E-state index is 13.0. The molecule has 0 fully saturated rings. The van der Waals surface area contributed by atoms with Crippen molar-refractivity contribution in [1.29, 1.82) is 0 Å². The average molecular weight is 840 g/mol. The summed E-state index contributed by atoms with van der Waals surface area (Å²) in [5.74, 6) is 0.511. The van der Waals surface area contributed by atoms with Crippen LogP contribution in [-0.4, -0.2) is 37.3 Å². The van der Waals surface area contributed by atoms with Gasteiger partial charge in [0.25, 0.3) is 0 Å². The van der Waals surface area contributed by atoms with E-state index in [1.54, 1.807) is 72.9 Å². The van der Waals surface area contributed by atoms with Crippen LogP contribution < -0.4 is 23.7 Å². The number of rotatable bonds is 27. The minimum atomic E-state index is -0.631. The Hall–Kier alpha value is -6.22. The lowest BCUT2D eigenvalue weighted by Gasteiger charge is -2.09. The molecule has 0 spiro atoms. The fraction of sp³-hybridized carbons (Fsp3) is 0.358. The molecule has 326 valence electrons. The summed E-state index contributed by atoms with van der Waals surface area (Å²) in [6.45, 7) is 5.83. The summed E-state index contributed by atoms with van der Waals surface area (Å²) in [6.07, 6.45) is 20.4. The van der Waals surface area contributed by atoms with Gasteiger partial charge in [0.1, 0.15) is 28.7 Å². The predicted molar refractivity (Wildman–Crippen MR) is 246 cm³/mol. The molecule has 0 atom stereocenters. The molecule has 0 aromatic heterocycles. The molecule has 9 heteroatoms. The van der Waals surface area contributed by atoms with Crippen molar-refractivity contribution in [3.05, 3.63) is 144 Å². The van der Waals surface area contributed by atoms with Crippen LogP contribution in [0.4, 0.5) is 5.69 Å². The van der Waals surface area contributed by atoms with Gasteiger partial charge in [0.15, 0.2) is 0 Å². The van der Waals surface area contributed by atoms with Crippen molar-refractivity contribution in [3.63, 3.8) is 0 Å². The zero-order valence-electron chi connectivity index (χ0n) is 36.4. The Labute approximate surface area is 367 Å². The molecule has 0 unspecified atom stereocenters. The van der Waals surface area contributed by atoms with Crippen molar-refractivity contribution in [2.24, 2.45) is 4.99 Å². The maximum atomic E-state index is 13.0. The summed E-state index contributed by atoms with van der Waals surface area (Å²) in [4.78, 5) is 43.2. The summed E-state index contributed by atoms with van der Waals surface area (Å²) in [5, 5.41) is 0. The first-order valence-electron chi connectivity index (χ1n) is 22.4. The molecule has 62 heavy (non-hydrogen) atoms. The third-order valence-electron chi connectivity index (χ3n) is 10.2. The minimum Gasteiger partial charge on any atom is -0.494 e. The highest BCUT2D eigenvalue weighted by atomic mass is 16.5. The topological polar surface area (TPSA) is 110 Å². The molecule has 0 heterocycles. The van der Waals surface area contributed by atoms with Crippen LogP contribution in [0.5, 0.6) is 28.7 Å². The van der Waals surface area contributed by atoms with Crippen LogP contribution in [0.2, 0.25) is 0 Å². The fourth-order valence-corrected chi connectivity index (χ4v) is 6.60. The van der Waals surface area contributed by atoms with Crippen molar-refractivity contribution < 1.29 is 38.1 Å². The molecule has 0 radical (unpaired) electrons. The number of carbonyl (C=O) groups excluding carboxylic acids is 3. The molecule has 0 aliphatic carbocycles. The molecule has 0 saturated heterocycles. The zero-order chi connectivity index (χ0) is 43.6. The lowest BCUT2D eigenvalue weighted by molar-refractivity contribution is 0.0723. The van der Waals surface area contributed by atoms with Gasteiger partial charge in [-0.1, -0.05) is 116 Å². The van der Waals surface area contributed by atoms with Gasteiger partial charge in [0.2, 0.25) is 0 Å². The van der Waals surface area contributed by atoms with E-state index in [1.165, 1.54) is 107 Å². The van der Waals surface area contributed by atoms with Gasteiger partial charge in [-0.25, -0.2) is 14.4 Å². The van der Waals surface area contributed by atoms with Gasteiger partial charge in [-0.3, -0.25) is 4.99 Å². The molecule has 5 aromatic rings. The predicted octanol–water partition coefficient (Wildman–Crippen LogP) is 13.7. The molecular formula is C53H61NO8. The highest BCUT2D eigenvalue weighted by Crippen LogP contribution is 2.24. The number of aliphatic imine (C=N–C) groups is 1. The third-order valence-corrected chi connectivity index (χ3v) is 10.2. The first kappa shape index (κ1) is 46.8. The van der Waals surface area contributed by atoms with Gasteiger partial charge in [-0.15, -0.1) is 0 Å². The normalized spacial score (nSPS) is 11.0. The second-order valence-corrected chi connectivity index (χ2v) is 15.4. The molecule has 5 rings (SSSR count). The zero-order valence-corrected chi connectivity index (χ0v) is 36.4. The highest BCUT2D eigenvalue weighted by molar-refractivity contribution is 5.94. The van der Waals surface area contributed by atoms with E-state index in [-0.39, 0.29) is 22.8 Å². The Morgan fingerprint density at radius 2 is 0.790 bits per heavy atom. The summed E-state index contributed by atoms with van der Waals surface area (Å²) >= 11 is 0. The Morgan fingerprint density at radius 3 is 1.24 bits per heavy atom. The third kappa shape index (κ3) is 17.0. The van der Waals surface area contributed by atoms with Crippen LogP contribution in [0.15, 0.2) is 126 Å². The van der Waals surface area contributed by atoms with E-state index < -0.39 is 17.9 Å². The molecule has 0 aliphatic rings. The number of unbranched alkanes of at least 4 members (excludes halogenated alkanes) is 13. The fourth-order valence-electron chi connectivity index (χ4n) is 6.60. The SMILES string of the molecule is CCCCCCCCCCOc1ccc(N=Cc2ccc(C(=O)Oc3cccc(OC(=O)c4ccc(OC(=O)c5ccc(OCCCCCCCCC)cc5)cc4)c3)cc2)cc1. The van der Waals surface area contributed by atoms with Gasteiger partial charge >= 0.3 is 17.9 Å². The van der Waals surface area contributed by atoms with E-state index in [0.29, 0.717) is 23.5 Å². The van der Waals surface area contributed by atoms with E-state index in [4.69, 9.17) is 23.7 Å². The van der Waals surface area contributed by atoms with Crippen LogP contribution in [0.3, 0.4) is 0 Å². The molecule has 0 aliphatic heterocycles. The maximum Gasteiger partial charge on any atom is 0.343 e. The number of carbonyl (C=O) groups is 3. The van der Waals surface area contributed by atoms with Crippen LogP contribution in [-0.2, 0) is 0 Å². The highest BCUT2D eigenvalue weighted by Gasteiger charge is 2.14. The molecule has 0 N–H and O–H groups in total. The van der Waals surface area contributed by atoms with Gasteiger partial charge < -0.3 is 23.7 Å². The quantitative estimate of drug-likeness (QED) is 0.0222. The smallest absolute Gasteiger partial charge is 0.343 e. The number of benzene rings is 5. The summed E-state index contributed by atoms with van der Waals surface area (Å²) in [7, 11) is 0. The van der Waals surface area contributed by atoms with Crippen LogP contribution in [0, 0.1) is 0 Å². The lowest BCUT2D eigenvalue weighted by Crippen LogP contribution is -2.11. The van der Waals surface area contributed by atoms with Crippen molar-refractivity contribution in [2.75, 3.05) is 13.2 Å². The number of esters is 3. The Kier molecular flexibility index (Phi) is 20.3. The first-order valence-corrected chi connectivity index (χ1v) is 22.4. The largest absolute Gasteiger partial charge is 0.494 e. The molecule has 0 saturated carbocycles. The van der Waals surface area contributed by atoms with Crippen molar-refractivity contribution in [1.82, 2.24) is 0 Å². The Bertz CT molecular complexity index is 2110. The number of ether oxygens (including phenoxy) is 5. The van der Waals surface area contributed by atoms with Gasteiger partial charge in [0, 0.05) is 12.3 Å². The van der Waals surface area contributed by atoms with Gasteiger partial charge in [-0.05, 0) is 115 Å². The number of hydrogen-bond acceptors (Lipinski definition) is 9. The second kappa shape index (κ2) is 26.9. The average Bonchev–Trinajstić information content (AvgIpc) is 3.29. The van der Waals surface area contributed by atoms with Crippen LogP contribution in [0.1, 0.15) is 147 Å². The van der Waals surface area contributed by atoms with Gasteiger partial charge in [-0.2, -0.15) is 0 Å². The monoisotopic (exact) mass is 839 g/mol. The molecular weight excluding hydrogens is 779 g/mol. The minimum absolute atomic E-state index is 0.195. The van der Waals surface area contributed by atoms with E-state index >= 15 is 0 Å². The van der Waals surface area contributed by atoms with Crippen molar-refractivity contribution in [3.8, 4) is 28.7 Å². The second-order valence-electron chi connectivity index (χ2n) is 15.4. The van der Waals surface area contributed by atoms with Crippen molar-refractivity contribution >= 4 is 29.8 Å². The standard InChI is InChI=1S/C53H61NO8/c1-3-5-7-9-11-13-15-17-38-59-47-35-29-45(30-36-47)54-40-41-21-23-42(24-22-41)52(56)61-49-19-18-20-50(39-49)62-53(57)44-27-33-48(34-28-44)60-51(55)43-25-31-46(32-26-43)58-37-16-14-12-10-8-6-4-2/h18-36,39-40H,3-17,37-38H2,1-2H3. The molecule has 5 aromatic carbocycles. The van der Waals surface area contributed by atoms with Crippen LogP contribution in [0.25, 0.3) is 0 Å². The lowest BCUT2D eigenvalue weighted by atomic mass is 10.1. The Balaban J connectivity index is 1.01. The summed E-state index contributed by atoms with van der Waals surface area (Å²) in [6, 6.07) is 33.8. The van der Waals surface area contributed by atoms with E-state index in [1.807, 2.05) is 24.3 Å². The summed E-state index contributed by atoms with van der Waals surface area (Å²) < 4.78 is 28.4. The first-order chi connectivity index (χ1) is 30.4. The van der Waals surface area contributed by atoms with Crippen molar-refractivity contribution in [2.45, 2.75) is 110 Å². The number of nitrogens with zero attached hydrogens (tertiary/aromatic N) is 1. The van der Waals surface area contributed by atoms with E-state index in [2.05, 4.69) is 18.8 Å². The Morgan fingerprint density at radius 1 is 0.419 bits per heavy atom. The van der Waals surface area contributed by atoms with Crippen LogP contribution >= 0.6 is 0 Å². The van der Waals surface area contributed by atoms with E-state index in [0.717, 1.165) is 42.9 Å². The molecule has 9 nitrogen and oxygen atoms in total. The van der Waals surface area contributed by atoms with Gasteiger partial charge in [0.05, 0.1) is 35.6 Å². The number of hydrogen-bond donors (Lipinski definition) is 0. The molecule has 0 amide bonds. The van der Waals surface area contributed by atoms with E-state index in [9.17, 15) is 14.4 Å².